The van der Waals surface area contributed by atoms with Crippen molar-refractivity contribution in [3.8, 4) is 0 Å². The molecule has 0 N–H and O–H groups in total. The Balaban J connectivity index is 2.60. The van der Waals surface area contributed by atoms with Crippen molar-refractivity contribution in [1.29, 1.82) is 0 Å². The quantitative estimate of drug-likeness (QED) is 0.584. The van der Waals surface area contributed by atoms with Crippen molar-refractivity contribution in [1.82, 2.24) is 0 Å². The molecule has 1 aromatic carbocycles. The van der Waals surface area contributed by atoms with Crippen LogP contribution in [-0.2, 0) is 0 Å². The van der Waals surface area contributed by atoms with Crippen molar-refractivity contribution in [3.63, 3.8) is 0 Å². The molecule has 2 heteroatoms. The summed E-state index contributed by atoms with van der Waals surface area (Å²) in [6.45, 7) is 4.32. The molecule has 0 nitrogen and oxygen atoms in total. The lowest BCUT2D eigenvalue weighted by atomic mass is 10.0. The zero-order valence-corrected chi connectivity index (χ0v) is 9.50. The Morgan fingerprint density at radius 2 is 2.00 bits per heavy atom. The van der Waals surface area contributed by atoms with Crippen molar-refractivity contribution in [2.75, 3.05) is 5.75 Å². The van der Waals surface area contributed by atoms with E-state index in [-0.39, 0.29) is 5.38 Å². The average molecular weight is 213 g/mol. The Kier molecular flexibility index (Phi) is 2.57. The predicted octanol–water partition coefficient (Wildman–Crippen LogP) is 4.08. The first-order valence-corrected chi connectivity index (χ1v) is 5.99. The Bertz CT molecular complexity index is 333. The third-order valence-corrected chi connectivity index (χ3v) is 4.25. The lowest BCUT2D eigenvalue weighted by molar-refractivity contribution is 0.839. The summed E-state index contributed by atoms with van der Waals surface area (Å²) in [4.78, 5) is 1.42. The Hall–Kier alpha value is -0.140. The number of thioether (sulfide) groups is 1. The first-order valence-electron chi connectivity index (χ1n) is 4.57. The maximum atomic E-state index is 6.31. The first kappa shape index (κ1) is 9.42. The summed E-state index contributed by atoms with van der Waals surface area (Å²) < 4.78 is 0. The highest BCUT2D eigenvalue weighted by molar-refractivity contribution is 7.99. The largest absolute Gasteiger partial charge is 0.125 e. The van der Waals surface area contributed by atoms with Crippen LogP contribution in [-0.4, -0.2) is 5.75 Å². The molecule has 0 spiro atoms. The Labute approximate surface area is 88.7 Å². The molecule has 1 aliphatic heterocycles. The van der Waals surface area contributed by atoms with Crippen molar-refractivity contribution >= 4 is 23.4 Å². The second kappa shape index (κ2) is 3.55. The summed E-state index contributed by atoms with van der Waals surface area (Å²) >= 11 is 8.26. The van der Waals surface area contributed by atoms with Crippen LogP contribution in [0.2, 0.25) is 0 Å². The fourth-order valence-electron chi connectivity index (χ4n) is 1.80. The molecule has 0 aliphatic carbocycles. The summed E-state index contributed by atoms with van der Waals surface area (Å²) in [5, 5.41) is 0.233. The third-order valence-electron chi connectivity index (χ3n) is 2.54. The highest BCUT2D eigenvalue weighted by Crippen LogP contribution is 2.42. The smallest absolute Gasteiger partial charge is 0.0606 e. The topological polar surface area (TPSA) is 0 Å². The molecule has 1 heterocycles. The number of halogens is 1. The standard InChI is InChI=1S/C11H13ClS/c1-7-3-4-8(2)11-10(7)9(12)5-6-13-11/h3-4,9H,5-6H2,1-2H3. The summed E-state index contributed by atoms with van der Waals surface area (Å²) in [6.07, 6.45) is 1.10. The monoisotopic (exact) mass is 212 g/mol. The fourth-order valence-corrected chi connectivity index (χ4v) is 3.69. The van der Waals surface area contributed by atoms with Gasteiger partial charge in [0.25, 0.3) is 0 Å². The van der Waals surface area contributed by atoms with E-state index < -0.39 is 0 Å². The molecule has 0 aromatic heterocycles. The van der Waals surface area contributed by atoms with E-state index in [2.05, 4.69) is 26.0 Å². The predicted molar refractivity (Wildman–Crippen MR) is 59.9 cm³/mol. The van der Waals surface area contributed by atoms with Crippen molar-refractivity contribution in [2.45, 2.75) is 30.5 Å². The maximum absolute atomic E-state index is 6.31. The van der Waals surface area contributed by atoms with Crippen LogP contribution in [0, 0.1) is 13.8 Å². The van der Waals surface area contributed by atoms with Crippen molar-refractivity contribution in [3.05, 3.63) is 28.8 Å². The number of aryl methyl sites for hydroxylation is 2. The molecule has 0 bridgehead atoms. The van der Waals surface area contributed by atoms with E-state index in [0.29, 0.717) is 0 Å². The van der Waals surface area contributed by atoms with Gasteiger partial charge in [0.2, 0.25) is 0 Å². The van der Waals surface area contributed by atoms with E-state index in [4.69, 9.17) is 11.6 Å². The summed E-state index contributed by atoms with van der Waals surface area (Å²) in [5.74, 6) is 1.16. The van der Waals surface area contributed by atoms with E-state index >= 15 is 0 Å². The minimum absolute atomic E-state index is 0.233. The van der Waals surface area contributed by atoms with Gasteiger partial charge in [-0.05, 0) is 42.7 Å². The van der Waals surface area contributed by atoms with E-state index in [1.165, 1.54) is 21.6 Å². The van der Waals surface area contributed by atoms with Gasteiger partial charge in [-0.2, -0.15) is 0 Å². The van der Waals surface area contributed by atoms with Crippen molar-refractivity contribution in [2.24, 2.45) is 0 Å². The average Bonchev–Trinajstić information content (AvgIpc) is 2.12. The normalized spacial score (nSPS) is 21.3. The molecule has 0 amide bonds. The zero-order valence-electron chi connectivity index (χ0n) is 7.93. The molecule has 1 aromatic rings. The molecule has 1 unspecified atom stereocenters. The Morgan fingerprint density at radius 1 is 1.31 bits per heavy atom. The molecule has 0 saturated carbocycles. The van der Waals surface area contributed by atoms with Crippen LogP contribution in [0.4, 0.5) is 0 Å². The zero-order chi connectivity index (χ0) is 9.42. The van der Waals surface area contributed by atoms with E-state index in [1.807, 2.05) is 11.8 Å². The van der Waals surface area contributed by atoms with Gasteiger partial charge in [0, 0.05) is 4.90 Å². The highest BCUT2D eigenvalue weighted by atomic mass is 35.5. The SMILES string of the molecule is Cc1ccc(C)c2c1SCCC2Cl. The lowest BCUT2D eigenvalue weighted by Gasteiger charge is -2.23. The van der Waals surface area contributed by atoms with Gasteiger partial charge in [-0.1, -0.05) is 12.1 Å². The molecule has 0 radical (unpaired) electrons. The molecule has 70 valence electrons. The van der Waals surface area contributed by atoms with E-state index in [1.54, 1.807) is 0 Å². The Morgan fingerprint density at radius 3 is 2.69 bits per heavy atom. The molecule has 0 saturated heterocycles. The summed E-state index contributed by atoms with van der Waals surface area (Å²) in [7, 11) is 0. The number of fused-ring (bicyclic) bond motifs is 1. The molecule has 2 rings (SSSR count). The molecule has 0 fully saturated rings. The highest BCUT2D eigenvalue weighted by Gasteiger charge is 2.21. The second-order valence-corrected chi connectivity index (χ2v) is 5.18. The number of benzene rings is 1. The van der Waals surface area contributed by atoms with Crippen LogP contribution in [0.3, 0.4) is 0 Å². The number of hydrogen-bond donors (Lipinski definition) is 0. The van der Waals surface area contributed by atoms with Gasteiger partial charge in [0.1, 0.15) is 0 Å². The second-order valence-electron chi connectivity index (χ2n) is 3.55. The van der Waals surface area contributed by atoms with Crippen LogP contribution >= 0.6 is 23.4 Å². The summed E-state index contributed by atoms with van der Waals surface area (Å²) in [6, 6.07) is 4.37. The molecule has 13 heavy (non-hydrogen) atoms. The van der Waals surface area contributed by atoms with Gasteiger partial charge in [0.05, 0.1) is 5.38 Å². The van der Waals surface area contributed by atoms with Crippen LogP contribution in [0.5, 0.6) is 0 Å². The molecular formula is C11H13ClS. The van der Waals surface area contributed by atoms with Gasteiger partial charge in [-0.25, -0.2) is 0 Å². The van der Waals surface area contributed by atoms with Gasteiger partial charge in [-0.15, -0.1) is 23.4 Å². The van der Waals surface area contributed by atoms with Crippen LogP contribution in [0.25, 0.3) is 0 Å². The molecule has 1 aliphatic rings. The third kappa shape index (κ3) is 1.60. The van der Waals surface area contributed by atoms with Gasteiger partial charge in [0.15, 0.2) is 0 Å². The number of hydrogen-bond acceptors (Lipinski definition) is 1. The van der Waals surface area contributed by atoms with Gasteiger partial charge >= 0.3 is 0 Å². The minimum Gasteiger partial charge on any atom is -0.125 e. The fraction of sp³-hybridized carbons (Fsp3) is 0.455. The van der Waals surface area contributed by atoms with Crippen LogP contribution < -0.4 is 0 Å². The minimum atomic E-state index is 0.233. The van der Waals surface area contributed by atoms with E-state index in [0.717, 1.165) is 12.2 Å². The lowest BCUT2D eigenvalue weighted by Crippen LogP contribution is -2.05. The van der Waals surface area contributed by atoms with Gasteiger partial charge < -0.3 is 0 Å². The number of alkyl halides is 1. The van der Waals surface area contributed by atoms with Crippen LogP contribution in [0.1, 0.15) is 28.5 Å². The molecule has 1 atom stereocenters. The van der Waals surface area contributed by atoms with Gasteiger partial charge in [-0.3, -0.25) is 0 Å². The molecular weight excluding hydrogens is 200 g/mol. The van der Waals surface area contributed by atoms with Crippen molar-refractivity contribution < 1.29 is 0 Å². The van der Waals surface area contributed by atoms with Crippen LogP contribution in [0.15, 0.2) is 17.0 Å². The maximum Gasteiger partial charge on any atom is 0.0606 e. The summed E-state index contributed by atoms with van der Waals surface area (Å²) in [5.41, 5.74) is 4.08. The van der Waals surface area contributed by atoms with E-state index in [9.17, 15) is 0 Å². The first-order chi connectivity index (χ1) is 6.20. The number of rotatable bonds is 0.